The maximum atomic E-state index is 3.60. The molecule has 0 aliphatic rings. The summed E-state index contributed by atoms with van der Waals surface area (Å²) < 4.78 is 0. The van der Waals surface area contributed by atoms with E-state index in [1.54, 1.807) is 0 Å². The van der Waals surface area contributed by atoms with E-state index in [0.717, 1.165) is 13.0 Å². The summed E-state index contributed by atoms with van der Waals surface area (Å²) in [4.78, 5) is 0. The van der Waals surface area contributed by atoms with E-state index in [1.807, 2.05) is 0 Å². The molecule has 2 aromatic carbocycles. The molecule has 19 heavy (non-hydrogen) atoms. The van der Waals surface area contributed by atoms with Crippen LogP contribution in [0.4, 0.5) is 5.69 Å². The largest absolute Gasteiger partial charge is 0.381 e. The van der Waals surface area contributed by atoms with E-state index in [1.165, 1.54) is 33.5 Å². The van der Waals surface area contributed by atoms with Gasteiger partial charge in [0.25, 0.3) is 0 Å². The van der Waals surface area contributed by atoms with Crippen LogP contribution in [0.25, 0.3) is 0 Å². The molecular weight excluding hydrogens is 230 g/mol. The minimum absolute atomic E-state index is 0.888. The van der Waals surface area contributed by atoms with Crippen LogP contribution >= 0.6 is 0 Å². The third-order valence-electron chi connectivity index (χ3n) is 3.78. The maximum Gasteiger partial charge on any atom is 0.0404 e. The number of nitrogens with one attached hydrogen (secondary N) is 1. The molecule has 1 N–H and O–H groups in total. The van der Waals surface area contributed by atoms with Gasteiger partial charge in [-0.2, -0.15) is 0 Å². The molecule has 1 heteroatoms. The molecule has 0 spiro atoms. The predicted octanol–water partition coefficient (Wildman–Crippen LogP) is 4.79. The van der Waals surface area contributed by atoms with Crippen LogP contribution < -0.4 is 5.32 Å². The first-order chi connectivity index (χ1) is 9.11. The van der Waals surface area contributed by atoms with Crippen molar-refractivity contribution in [3.63, 3.8) is 0 Å². The molecule has 0 aliphatic carbocycles. The Morgan fingerprint density at radius 3 is 2.37 bits per heavy atom. The molecule has 0 heterocycles. The Hall–Kier alpha value is -1.76. The van der Waals surface area contributed by atoms with Gasteiger partial charge in [-0.25, -0.2) is 0 Å². The van der Waals surface area contributed by atoms with Gasteiger partial charge in [-0.15, -0.1) is 0 Å². The second-order valence-corrected chi connectivity index (χ2v) is 5.23. The summed E-state index contributed by atoms with van der Waals surface area (Å²) in [7, 11) is 0. The molecule has 0 atom stereocenters. The number of aryl methyl sites for hydroxylation is 4. The summed E-state index contributed by atoms with van der Waals surface area (Å²) in [5, 5.41) is 3.60. The first-order valence-corrected chi connectivity index (χ1v) is 7.00. The van der Waals surface area contributed by atoms with E-state index in [2.05, 4.69) is 69.4 Å². The molecule has 0 aliphatic heterocycles. The maximum absolute atomic E-state index is 3.60. The normalized spacial score (nSPS) is 10.5. The summed E-state index contributed by atoms with van der Waals surface area (Å²) >= 11 is 0. The van der Waals surface area contributed by atoms with Crippen molar-refractivity contribution in [1.82, 2.24) is 0 Å². The average molecular weight is 253 g/mol. The molecule has 0 bridgehead atoms. The van der Waals surface area contributed by atoms with Gasteiger partial charge in [0.05, 0.1) is 0 Å². The Bertz CT molecular complexity index is 570. The molecule has 0 aromatic heterocycles. The Morgan fingerprint density at radius 2 is 1.68 bits per heavy atom. The van der Waals surface area contributed by atoms with Crippen molar-refractivity contribution in [3.05, 3.63) is 64.2 Å². The highest BCUT2D eigenvalue weighted by atomic mass is 14.9. The van der Waals surface area contributed by atoms with E-state index >= 15 is 0 Å². The van der Waals surface area contributed by atoms with Gasteiger partial charge in [-0.05, 0) is 55.0 Å². The fourth-order valence-electron chi connectivity index (χ4n) is 2.38. The van der Waals surface area contributed by atoms with E-state index in [4.69, 9.17) is 0 Å². The minimum Gasteiger partial charge on any atom is -0.381 e. The topological polar surface area (TPSA) is 12.0 Å². The lowest BCUT2D eigenvalue weighted by Crippen LogP contribution is -2.04. The number of para-hydroxylation sites is 1. The molecule has 100 valence electrons. The standard InChI is InChI=1S/C18H23N/c1-5-17-8-6-7-14(3)18(17)19-12-16-10-9-13(2)15(4)11-16/h6-11,19H,5,12H2,1-4H3. The monoisotopic (exact) mass is 253 g/mol. The second-order valence-electron chi connectivity index (χ2n) is 5.23. The average Bonchev–Trinajstić information content (AvgIpc) is 2.41. The summed E-state index contributed by atoms with van der Waals surface area (Å²) in [6.07, 6.45) is 1.07. The van der Waals surface area contributed by atoms with E-state index in [0.29, 0.717) is 0 Å². The third-order valence-corrected chi connectivity index (χ3v) is 3.78. The minimum atomic E-state index is 0.888. The van der Waals surface area contributed by atoms with Crippen molar-refractivity contribution in [3.8, 4) is 0 Å². The van der Waals surface area contributed by atoms with Gasteiger partial charge >= 0.3 is 0 Å². The molecule has 0 saturated carbocycles. The van der Waals surface area contributed by atoms with Crippen LogP contribution in [-0.4, -0.2) is 0 Å². The lowest BCUT2D eigenvalue weighted by molar-refractivity contribution is 1.08. The molecule has 0 saturated heterocycles. The van der Waals surface area contributed by atoms with Crippen molar-refractivity contribution < 1.29 is 0 Å². The van der Waals surface area contributed by atoms with Crippen LogP contribution in [-0.2, 0) is 13.0 Å². The van der Waals surface area contributed by atoms with Gasteiger partial charge in [0.2, 0.25) is 0 Å². The number of hydrogen-bond acceptors (Lipinski definition) is 1. The molecule has 0 amide bonds. The van der Waals surface area contributed by atoms with Gasteiger partial charge in [0, 0.05) is 12.2 Å². The summed E-state index contributed by atoms with van der Waals surface area (Å²) in [6, 6.07) is 13.2. The Morgan fingerprint density at radius 1 is 0.895 bits per heavy atom. The van der Waals surface area contributed by atoms with Crippen molar-refractivity contribution in [2.75, 3.05) is 5.32 Å². The first-order valence-electron chi connectivity index (χ1n) is 7.00. The Labute approximate surface area is 116 Å². The molecule has 0 radical (unpaired) electrons. The van der Waals surface area contributed by atoms with Gasteiger partial charge in [-0.1, -0.05) is 43.3 Å². The van der Waals surface area contributed by atoms with Gasteiger partial charge in [-0.3, -0.25) is 0 Å². The van der Waals surface area contributed by atoms with Crippen molar-refractivity contribution in [2.45, 2.75) is 40.7 Å². The van der Waals surface area contributed by atoms with E-state index in [-0.39, 0.29) is 0 Å². The van der Waals surface area contributed by atoms with Crippen LogP contribution in [0.15, 0.2) is 36.4 Å². The van der Waals surface area contributed by atoms with Crippen molar-refractivity contribution in [1.29, 1.82) is 0 Å². The highest BCUT2D eigenvalue weighted by Crippen LogP contribution is 2.22. The van der Waals surface area contributed by atoms with Gasteiger partial charge < -0.3 is 5.32 Å². The van der Waals surface area contributed by atoms with Gasteiger partial charge in [0.1, 0.15) is 0 Å². The van der Waals surface area contributed by atoms with E-state index < -0.39 is 0 Å². The van der Waals surface area contributed by atoms with Crippen LogP contribution in [0, 0.1) is 20.8 Å². The van der Waals surface area contributed by atoms with Crippen LogP contribution in [0.3, 0.4) is 0 Å². The zero-order valence-electron chi connectivity index (χ0n) is 12.4. The zero-order chi connectivity index (χ0) is 13.8. The predicted molar refractivity (Wildman–Crippen MR) is 83.8 cm³/mol. The first kappa shape index (κ1) is 13.7. The fourth-order valence-corrected chi connectivity index (χ4v) is 2.38. The summed E-state index contributed by atoms with van der Waals surface area (Å²) in [5.74, 6) is 0. The Balaban J connectivity index is 2.16. The SMILES string of the molecule is CCc1cccc(C)c1NCc1ccc(C)c(C)c1. The summed E-state index contributed by atoms with van der Waals surface area (Å²) in [5.41, 5.74) is 8.07. The lowest BCUT2D eigenvalue weighted by atomic mass is 10.0. The van der Waals surface area contributed by atoms with Crippen LogP contribution in [0.2, 0.25) is 0 Å². The van der Waals surface area contributed by atoms with Crippen LogP contribution in [0.1, 0.15) is 34.7 Å². The highest BCUT2D eigenvalue weighted by molar-refractivity contribution is 5.57. The Kier molecular flexibility index (Phi) is 4.26. The molecule has 2 aromatic rings. The molecule has 0 unspecified atom stereocenters. The number of rotatable bonds is 4. The van der Waals surface area contributed by atoms with Crippen molar-refractivity contribution in [2.24, 2.45) is 0 Å². The molecule has 0 fully saturated rings. The molecular formula is C18H23N. The lowest BCUT2D eigenvalue weighted by Gasteiger charge is -2.14. The summed E-state index contributed by atoms with van der Waals surface area (Å²) in [6.45, 7) is 9.59. The van der Waals surface area contributed by atoms with Gasteiger partial charge in [0.15, 0.2) is 0 Å². The molecule has 2 rings (SSSR count). The zero-order valence-corrected chi connectivity index (χ0v) is 12.4. The van der Waals surface area contributed by atoms with E-state index in [9.17, 15) is 0 Å². The smallest absolute Gasteiger partial charge is 0.0404 e. The number of anilines is 1. The highest BCUT2D eigenvalue weighted by Gasteiger charge is 2.04. The fraction of sp³-hybridized carbons (Fsp3) is 0.333. The molecule has 1 nitrogen and oxygen atoms in total. The quantitative estimate of drug-likeness (QED) is 0.826. The number of benzene rings is 2. The number of hydrogen-bond donors (Lipinski definition) is 1. The van der Waals surface area contributed by atoms with Crippen LogP contribution in [0.5, 0.6) is 0 Å². The second kappa shape index (κ2) is 5.92. The third kappa shape index (κ3) is 3.17. The van der Waals surface area contributed by atoms with Crippen molar-refractivity contribution >= 4 is 5.69 Å².